The van der Waals surface area contributed by atoms with Crippen molar-refractivity contribution in [2.45, 2.75) is 51.4 Å². The molecule has 0 spiro atoms. The van der Waals surface area contributed by atoms with E-state index in [9.17, 15) is 0 Å². The zero-order valence-electron chi connectivity index (χ0n) is 8.50. The third-order valence-corrected chi connectivity index (χ3v) is 2.92. The first-order valence-electron chi connectivity index (χ1n) is 5.02. The summed E-state index contributed by atoms with van der Waals surface area (Å²) in [6.07, 6.45) is 3.54. The minimum absolute atomic E-state index is 0.250. The average molecular weight is 180 g/mol. The van der Waals surface area contributed by atoms with Gasteiger partial charge in [0.25, 0.3) is 0 Å². The first-order chi connectivity index (χ1) is 6.18. The highest BCUT2D eigenvalue weighted by Gasteiger charge is 2.47. The van der Waals surface area contributed by atoms with Gasteiger partial charge in [0.05, 0.1) is 0 Å². The topological polar surface area (TPSA) is 38.9 Å². The lowest BCUT2D eigenvalue weighted by Crippen LogP contribution is -2.04. The summed E-state index contributed by atoms with van der Waals surface area (Å²) >= 11 is 0. The van der Waals surface area contributed by atoms with E-state index in [1.807, 2.05) is 0 Å². The third-order valence-electron chi connectivity index (χ3n) is 2.92. The molecule has 1 aromatic heterocycles. The Morgan fingerprint density at radius 1 is 1.38 bits per heavy atom. The van der Waals surface area contributed by atoms with E-state index in [1.54, 1.807) is 0 Å². The maximum atomic E-state index is 5.64. The highest BCUT2D eigenvalue weighted by molar-refractivity contribution is 5.14. The van der Waals surface area contributed by atoms with Crippen molar-refractivity contribution in [3.8, 4) is 0 Å². The van der Waals surface area contributed by atoms with Crippen LogP contribution in [0.2, 0.25) is 0 Å². The maximum Gasteiger partial charge on any atom is 0.222 e. The van der Waals surface area contributed by atoms with Gasteiger partial charge in [0.1, 0.15) is 0 Å². The minimum atomic E-state index is 0.250. The van der Waals surface area contributed by atoms with Crippen molar-refractivity contribution in [2.24, 2.45) is 0 Å². The predicted molar refractivity (Wildman–Crippen MR) is 49.6 cm³/mol. The molecule has 1 aliphatic carbocycles. The first-order valence-corrected chi connectivity index (χ1v) is 5.02. The van der Waals surface area contributed by atoms with Crippen LogP contribution in [0.4, 0.5) is 0 Å². The molecule has 3 nitrogen and oxygen atoms in total. The van der Waals surface area contributed by atoms with Gasteiger partial charge in [-0.05, 0) is 19.3 Å². The predicted octanol–water partition coefficient (Wildman–Crippen LogP) is 2.63. The van der Waals surface area contributed by atoms with Gasteiger partial charge in [-0.25, -0.2) is 0 Å². The zero-order valence-corrected chi connectivity index (χ0v) is 8.50. The summed E-state index contributed by atoms with van der Waals surface area (Å²) in [5.41, 5.74) is 0.250. The van der Waals surface area contributed by atoms with E-state index in [0.717, 1.165) is 18.2 Å². The number of aromatic nitrogens is 2. The maximum absolute atomic E-state index is 5.64. The van der Waals surface area contributed by atoms with Crippen molar-refractivity contribution in [3.05, 3.63) is 11.8 Å². The molecule has 2 rings (SSSR count). The summed E-state index contributed by atoms with van der Waals surface area (Å²) in [6, 6.07) is 0. The third kappa shape index (κ3) is 1.36. The van der Waals surface area contributed by atoms with Crippen molar-refractivity contribution in [2.75, 3.05) is 0 Å². The smallest absolute Gasteiger partial charge is 0.222 e. The lowest BCUT2D eigenvalue weighted by atomic mass is 10.0. The molecule has 0 radical (unpaired) electrons. The van der Waals surface area contributed by atoms with Crippen molar-refractivity contribution < 1.29 is 4.42 Å². The van der Waals surface area contributed by atoms with Crippen molar-refractivity contribution in [3.63, 3.8) is 0 Å². The fourth-order valence-electron chi connectivity index (χ4n) is 1.55. The lowest BCUT2D eigenvalue weighted by Gasteiger charge is -2.04. The molecule has 0 atom stereocenters. The van der Waals surface area contributed by atoms with E-state index in [1.165, 1.54) is 12.8 Å². The fraction of sp³-hybridized carbons (Fsp3) is 0.800. The first kappa shape index (κ1) is 8.73. The van der Waals surface area contributed by atoms with E-state index in [0.29, 0.717) is 5.92 Å². The average Bonchev–Trinajstić information content (AvgIpc) is 2.75. The van der Waals surface area contributed by atoms with Crippen molar-refractivity contribution >= 4 is 0 Å². The van der Waals surface area contributed by atoms with Gasteiger partial charge in [0.15, 0.2) is 0 Å². The molecule has 0 aliphatic heterocycles. The number of nitrogens with zero attached hydrogens (tertiary/aromatic N) is 2. The van der Waals surface area contributed by atoms with Gasteiger partial charge in [0, 0.05) is 11.3 Å². The summed E-state index contributed by atoms with van der Waals surface area (Å²) in [4.78, 5) is 0. The van der Waals surface area contributed by atoms with Gasteiger partial charge in [0.2, 0.25) is 11.8 Å². The number of rotatable bonds is 3. The van der Waals surface area contributed by atoms with E-state index in [-0.39, 0.29) is 5.41 Å². The molecule has 3 heteroatoms. The standard InChI is InChI=1S/C10H16N2O/c1-4-10(5-6-10)9-12-11-8(13-9)7(2)3/h7H,4-6H2,1-3H3. The van der Waals surface area contributed by atoms with Gasteiger partial charge in [-0.15, -0.1) is 10.2 Å². The second-order valence-electron chi connectivity index (χ2n) is 4.23. The summed E-state index contributed by atoms with van der Waals surface area (Å²) in [5.74, 6) is 1.97. The Kier molecular flexibility index (Phi) is 1.90. The highest BCUT2D eigenvalue weighted by atomic mass is 16.4. The molecule has 72 valence electrons. The van der Waals surface area contributed by atoms with Crippen LogP contribution in [0.15, 0.2) is 4.42 Å². The van der Waals surface area contributed by atoms with Crippen LogP contribution in [-0.4, -0.2) is 10.2 Å². The van der Waals surface area contributed by atoms with Crippen molar-refractivity contribution in [1.29, 1.82) is 0 Å². The zero-order chi connectivity index (χ0) is 9.47. The Bertz CT molecular complexity index is 300. The minimum Gasteiger partial charge on any atom is -0.424 e. The van der Waals surface area contributed by atoms with Crippen LogP contribution in [0, 0.1) is 0 Å². The molecule has 1 saturated carbocycles. The molecule has 13 heavy (non-hydrogen) atoms. The van der Waals surface area contributed by atoms with Gasteiger partial charge in [-0.2, -0.15) is 0 Å². The molecule has 0 saturated heterocycles. The molecule has 0 amide bonds. The van der Waals surface area contributed by atoms with Crippen molar-refractivity contribution in [1.82, 2.24) is 10.2 Å². The number of hydrogen-bond donors (Lipinski definition) is 0. The van der Waals surface area contributed by atoms with E-state index in [4.69, 9.17) is 4.42 Å². The Morgan fingerprint density at radius 2 is 2.08 bits per heavy atom. The fourth-order valence-corrected chi connectivity index (χ4v) is 1.55. The monoisotopic (exact) mass is 180 g/mol. The molecule has 1 heterocycles. The molecular formula is C10H16N2O. The summed E-state index contributed by atoms with van der Waals surface area (Å²) < 4.78 is 5.64. The molecule has 0 unspecified atom stereocenters. The molecule has 0 aromatic carbocycles. The van der Waals surface area contributed by atoms with Crippen LogP contribution in [0.1, 0.15) is 57.7 Å². The Morgan fingerprint density at radius 3 is 2.46 bits per heavy atom. The van der Waals surface area contributed by atoms with Gasteiger partial charge < -0.3 is 4.42 Å². The Hall–Kier alpha value is -0.860. The quantitative estimate of drug-likeness (QED) is 0.717. The second kappa shape index (κ2) is 2.82. The Balaban J connectivity index is 2.23. The van der Waals surface area contributed by atoms with Crippen LogP contribution in [0.5, 0.6) is 0 Å². The van der Waals surface area contributed by atoms with Gasteiger partial charge in [-0.3, -0.25) is 0 Å². The Labute approximate surface area is 78.5 Å². The van der Waals surface area contributed by atoms with Crippen LogP contribution < -0.4 is 0 Å². The molecule has 1 aromatic rings. The molecular weight excluding hydrogens is 164 g/mol. The van der Waals surface area contributed by atoms with E-state index >= 15 is 0 Å². The normalized spacial score (nSPS) is 19.4. The van der Waals surface area contributed by atoms with E-state index in [2.05, 4.69) is 31.0 Å². The van der Waals surface area contributed by atoms with Gasteiger partial charge in [-0.1, -0.05) is 20.8 Å². The van der Waals surface area contributed by atoms with Gasteiger partial charge >= 0.3 is 0 Å². The molecule has 0 N–H and O–H groups in total. The van der Waals surface area contributed by atoms with Crippen LogP contribution in [0.25, 0.3) is 0 Å². The number of hydrogen-bond acceptors (Lipinski definition) is 3. The molecule has 0 bridgehead atoms. The van der Waals surface area contributed by atoms with Crippen LogP contribution >= 0.6 is 0 Å². The lowest BCUT2D eigenvalue weighted by molar-refractivity contribution is 0.388. The van der Waals surface area contributed by atoms with Crippen LogP contribution in [0.3, 0.4) is 0 Å². The highest BCUT2D eigenvalue weighted by Crippen LogP contribution is 2.50. The summed E-state index contributed by atoms with van der Waals surface area (Å²) in [6.45, 7) is 6.33. The molecule has 1 fully saturated rings. The SMILES string of the molecule is CCC1(c2nnc(C(C)C)o2)CC1. The second-order valence-corrected chi connectivity index (χ2v) is 4.23. The summed E-state index contributed by atoms with van der Waals surface area (Å²) in [7, 11) is 0. The van der Waals surface area contributed by atoms with Crippen LogP contribution in [-0.2, 0) is 5.41 Å². The molecule has 1 aliphatic rings. The largest absolute Gasteiger partial charge is 0.424 e. The van der Waals surface area contributed by atoms with E-state index < -0.39 is 0 Å². The summed E-state index contributed by atoms with van der Waals surface area (Å²) in [5, 5.41) is 8.18.